The van der Waals surface area contributed by atoms with Crippen molar-refractivity contribution >= 4 is 75.1 Å². The highest BCUT2D eigenvalue weighted by Crippen LogP contribution is 2.40. The Morgan fingerprint density at radius 2 is 1.93 bits per heavy atom. The van der Waals surface area contributed by atoms with Crippen molar-refractivity contribution in [2.75, 3.05) is 12.0 Å². The maximum Gasteiger partial charge on any atom is 0.308 e. The molecule has 2 aromatic rings. The van der Waals surface area contributed by atoms with E-state index in [9.17, 15) is 9.59 Å². The lowest BCUT2D eigenvalue weighted by atomic mass is 10.2. The Kier molecular flexibility index (Phi) is 6.30. The van der Waals surface area contributed by atoms with Gasteiger partial charge in [-0.05, 0) is 42.0 Å². The Morgan fingerprint density at radius 3 is 2.57 bits per heavy atom. The van der Waals surface area contributed by atoms with Gasteiger partial charge < -0.3 is 9.47 Å². The fraction of sp³-hybridized carbons (Fsp3) is 0.105. The Hall–Kier alpha value is -2.06. The quantitative estimate of drug-likeness (QED) is 0.269. The highest BCUT2D eigenvalue weighted by molar-refractivity contribution is 8.27. The predicted octanol–water partition coefficient (Wildman–Crippen LogP) is 5.33. The molecule has 1 fully saturated rings. The largest absolute Gasteiger partial charge is 0.493 e. The van der Waals surface area contributed by atoms with Crippen LogP contribution in [0.15, 0.2) is 41.3 Å². The molecular weight excluding hydrogens is 441 g/mol. The van der Waals surface area contributed by atoms with Crippen LogP contribution >= 0.6 is 47.2 Å². The number of amides is 1. The van der Waals surface area contributed by atoms with Gasteiger partial charge in [-0.15, -0.1) is 0 Å². The topological polar surface area (TPSA) is 55.8 Å². The van der Waals surface area contributed by atoms with E-state index < -0.39 is 5.97 Å². The molecule has 1 heterocycles. The molecule has 144 valence electrons. The van der Waals surface area contributed by atoms with Crippen LogP contribution in [0.5, 0.6) is 11.5 Å². The van der Waals surface area contributed by atoms with Gasteiger partial charge in [0, 0.05) is 11.9 Å². The van der Waals surface area contributed by atoms with Crippen molar-refractivity contribution in [2.45, 2.75) is 6.92 Å². The third-order valence-electron chi connectivity index (χ3n) is 3.68. The monoisotopic (exact) mass is 453 g/mol. The molecule has 0 atom stereocenters. The molecule has 28 heavy (non-hydrogen) atoms. The molecule has 2 aromatic carbocycles. The molecule has 3 rings (SSSR count). The van der Waals surface area contributed by atoms with E-state index >= 15 is 0 Å². The van der Waals surface area contributed by atoms with Gasteiger partial charge >= 0.3 is 5.97 Å². The van der Waals surface area contributed by atoms with Crippen LogP contribution in [0.2, 0.25) is 10.0 Å². The lowest BCUT2D eigenvalue weighted by Crippen LogP contribution is -2.27. The Morgan fingerprint density at radius 1 is 1.18 bits per heavy atom. The van der Waals surface area contributed by atoms with Gasteiger partial charge in [0.25, 0.3) is 5.91 Å². The fourth-order valence-electron chi connectivity index (χ4n) is 2.50. The summed E-state index contributed by atoms with van der Waals surface area (Å²) in [5, 5.41) is 0.798. The molecule has 0 N–H and O–H groups in total. The SMILES string of the molecule is COc1cc(/C=C2/SC(=S)N(c3ccc(Cl)cc3Cl)C2=O)ccc1OC(C)=O. The summed E-state index contributed by atoms with van der Waals surface area (Å²) in [5.74, 6) is -0.0677. The molecule has 0 unspecified atom stereocenters. The maximum absolute atomic E-state index is 12.9. The Labute approximate surface area is 181 Å². The molecular formula is C19H13Cl2NO4S2. The van der Waals surface area contributed by atoms with E-state index in [0.29, 0.717) is 42.0 Å². The number of anilines is 1. The summed E-state index contributed by atoms with van der Waals surface area (Å²) in [4.78, 5) is 25.8. The number of carbonyl (C=O) groups is 2. The standard InChI is InChI=1S/C19H13Cl2NO4S2/c1-10(23)26-15-6-3-11(7-16(15)25-2)8-17-18(24)22(19(27)28-17)14-5-4-12(20)9-13(14)21/h3-9H,1-2H3/b17-8+. The molecule has 1 amide bonds. The normalized spacial score (nSPS) is 15.3. The second-order valence-corrected chi connectivity index (χ2v) is 8.14. The predicted molar refractivity (Wildman–Crippen MR) is 116 cm³/mol. The Bertz CT molecular complexity index is 1020. The lowest BCUT2D eigenvalue weighted by molar-refractivity contribution is -0.132. The smallest absolute Gasteiger partial charge is 0.308 e. The zero-order chi connectivity index (χ0) is 20.4. The Balaban J connectivity index is 1.92. The number of carbonyl (C=O) groups excluding carboxylic acids is 2. The second kappa shape index (κ2) is 8.53. The minimum Gasteiger partial charge on any atom is -0.493 e. The first kappa shape index (κ1) is 20.7. The highest BCUT2D eigenvalue weighted by Gasteiger charge is 2.34. The molecule has 0 radical (unpaired) electrons. The fourth-order valence-corrected chi connectivity index (χ4v) is 4.28. The van der Waals surface area contributed by atoms with Gasteiger partial charge in [0.05, 0.1) is 22.7 Å². The van der Waals surface area contributed by atoms with Crippen LogP contribution in [0, 0.1) is 0 Å². The van der Waals surface area contributed by atoms with Crippen molar-refractivity contribution in [3.8, 4) is 11.5 Å². The third kappa shape index (κ3) is 4.33. The summed E-state index contributed by atoms with van der Waals surface area (Å²) >= 11 is 18.7. The van der Waals surface area contributed by atoms with Crippen molar-refractivity contribution < 1.29 is 19.1 Å². The van der Waals surface area contributed by atoms with Crippen molar-refractivity contribution in [3.63, 3.8) is 0 Å². The van der Waals surface area contributed by atoms with E-state index in [4.69, 9.17) is 44.9 Å². The average molecular weight is 454 g/mol. The van der Waals surface area contributed by atoms with Gasteiger partial charge in [-0.1, -0.05) is 53.2 Å². The van der Waals surface area contributed by atoms with E-state index in [2.05, 4.69) is 0 Å². The number of hydrogen-bond acceptors (Lipinski definition) is 6. The van der Waals surface area contributed by atoms with Crippen LogP contribution in [0.3, 0.4) is 0 Å². The minimum absolute atomic E-state index is 0.290. The van der Waals surface area contributed by atoms with Gasteiger partial charge in [0.2, 0.25) is 0 Å². The molecule has 5 nitrogen and oxygen atoms in total. The molecule has 0 aromatic heterocycles. The second-order valence-electron chi connectivity index (χ2n) is 5.62. The molecule has 1 aliphatic heterocycles. The number of hydrogen-bond donors (Lipinski definition) is 0. The van der Waals surface area contributed by atoms with Crippen LogP contribution in [0.25, 0.3) is 6.08 Å². The number of benzene rings is 2. The van der Waals surface area contributed by atoms with Crippen LogP contribution < -0.4 is 14.4 Å². The molecule has 0 saturated carbocycles. The van der Waals surface area contributed by atoms with Gasteiger partial charge in [-0.25, -0.2) is 0 Å². The van der Waals surface area contributed by atoms with Crippen LogP contribution in [0.1, 0.15) is 12.5 Å². The van der Waals surface area contributed by atoms with Crippen LogP contribution in [0.4, 0.5) is 5.69 Å². The number of thiocarbonyl (C=S) groups is 1. The maximum atomic E-state index is 12.9. The number of rotatable bonds is 4. The first-order valence-corrected chi connectivity index (χ1v) is 9.87. The van der Waals surface area contributed by atoms with Crippen molar-refractivity contribution in [2.24, 2.45) is 0 Å². The number of esters is 1. The molecule has 0 aliphatic carbocycles. The summed E-state index contributed by atoms with van der Waals surface area (Å²) in [5.41, 5.74) is 1.16. The van der Waals surface area contributed by atoms with Crippen molar-refractivity contribution in [1.82, 2.24) is 0 Å². The number of ether oxygens (including phenoxy) is 2. The summed E-state index contributed by atoms with van der Waals surface area (Å²) < 4.78 is 10.7. The van der Waals surface area contributed by atoms with Gasteiger partial charge in [-0.2, -0.15) is 0 Å². The molecule has 1 saturated heterocycles. The van der Waals surface area contributed by atoms with E-state index in [1.165, 1.54) is 18.9 Å². The average Bonchev–Trinajstić information content (AvgIpc) is 2.90. The third-order valence-corrected chi connectivity index (χ3v) is 5.52. The summed E-state index contributed by atoms with van der Waals surface area (Å²) in [6.07, 6.45) is 1.68. The zero-order valence-electron chi connectivity index (χ0n) is 14.7. The van der Waals surface area contributed by atoms with Crippen molar-refractivity contribution in [1.29, 1.82) is 0 Å². The molecule has 0 spiro atoms. The van der Waals surface area contributed by atoms with Crippen molar-refractivity contribution in [3.05, 3.63) is 56.9 Å². The first-order valence-electron chi connectivity index (χ1n) is 7.89. The van der Waals surface area contributed by atoms with Crippen LogP contribution in [-0.2, 0) is 9.59 Å². The number of thioether (sulfide) groups is 1. The first-order chi connectivity index (χ1) is 13.3. The van der Waals surface area contributed by atoms with Gasteiger partial charge in [-0.3, -0.25) is 14.5 Å². The van der Waals surface area contributed by atoms with E-state index in [1.807, 2.05) is 0 Å². The summed E-state index contributed by atoms with van der Waals surface area (Å²) in [6.45, 7) is 1.31. The lowest BCUT2D eigenvalue weighted by Gasteiger charge is -2.16. The number of nitrogens with zero attached hydrogens (tertiary/aromatic N) is 1. The molecule has 9 heteroatoms. The zero-order valence-corrected chi connectivity index (χ0v) is 17.8. The van der Waals surface area contributed by atoms with E-state index in [1.54, 1.807) is 42.5 Å². The molecule has 1 aliphatic rings. The summed E-state index contributed by atoms with van der Waals surface area (Å²) in [7, 11) is 1.47. The molecule has 0 bridgehead atoms. The summed E-state index contributed by atoms with van der Waals surface area (Å²) in [6, 6.07) is 9.82. The van der Waals surface area contributed by atoms with E-state index in [-0.39, 0.29) is 5.91 Å². The highest BCUT2D eigenvalue weighted by atomic mass is 35.5. The van der Waals surface area contributed by atoms with E-state index in [0.717, 1.165) is 11.8 Å². The number of methoxy groups -OCH3 is 1. The minimum atomic E-state index is -0.452. The van der Waals surface area contributed by atoms with Gasteiger partial charge in [0.1, 0.15) is 0 Å². The van der Waals surface area contributed by atoms with Gasteiger partial charge in [0.15, 0.2) is 15.8 Å². The number of halogens is 2. The van der Waals surface area contributed by atoms with Crippen LogP contribution in [-0.4, -0.2) is 23.3 Å².